The van der Waals surface area contributed by atoms with Crippen LogP contribution in [0, 0.1) is 0 Å². The molecule has 18 heavy (non-hydrogen) atoms. The fourth-order valence-electron chi connectivity index (χ4n) is 1.60. The minimum Gasteiger partial charge on any atom is -0.338 e. The van der Waals surface area contributed by atoms with Crippen LogP contribution in [-0.2, 0) is 0 Å². The second kappa shape index (κ2) is 8.18. The number of benzene rings is 1. The van der Waals surface area contributed by atoms with Crippen molar-refractivity contribution in [3.05, 3.63) is 33.3 Å². The summed E-state index contributed by atoms with van der Waals surface area (Å²) in [4.78, 5) is 14.3. The predicted molar refractivity (Wildman–Crippen MR) is 83.8 cm³/mol. The molecule has 1 amide bonds. The van der Waals surface area contributed by atoms with E-state index < -0.39 is 0 Å². The summed E-state index contributed by atoms with van der Waals surface area (Å²) in [6.45, 7) is 3.62. The molecule has 0 fully saturated rings. The Morgan fingerprint density at radius 2 is 2.11 bits per heavy atom. The van der Waals surface area contributed by atoms with Crippen molar-refractivity contribution < 1.29 is 4.79 Å². The summed E-state index contributed by atoms with van der Waals surface area (Å²) in [7, 11) is 0. The molecule has 0 aliphatic heterocycles. The summed E-state index contributed by atoms with van der Waals surface area (Å²) in [5.41, 5.74) is 0.663. The van der Waals surface area contributed by atoms with E-state index >= 15 is 0 Å². The number of amides is 1. The third-order valence-electron chi connectivity index (χ3n) is 2.58. The first kappa shape index (κ1) is 16.0. The van der Waals surface area contributed by atoms with Crippen LogP contribution in [0.4, 0.5) is 0 Å². The molecule has 0 unspecified atom stereocenters. The van der Waals surface area contributed by atoms with E-state index in [9.17, 15) is 4.79 Å². The maximum Gasteiger partial charge on any atom is 0.255 e. The molecule has 0 saturated heterocycles. The molecule has 0 radical (unpaired) electrons. The lowest BCUT2D eigenvalue weighted by molar-refractivity contribution is 0.0763. The Labute approximate surface area is 130 Å². The lowest BCUT2D eigenvalue weighted by Gasteiger charge is -2.22. The van der Waals surface area contributed by atoms with Gasteiger partial charge >= 0.3 is 0 Å². The van der Waals surface area contributed by atoms with E-state index in [1.54, 1.807) is 18.2 Å². The third kappa shape index (κ3) is 4.56. The average Bonchev–Trinajstić information content (AvgIpc) is 2.33. The second-order valence-electron chi connectivity index (χ2n) is 3.96. The maximum absolute atomic E-state index is 12.4. The van der Waals surface area contributed by atoms with Crippen molar-refractivity contribution >= 4 is 49.4 Å². The molecule has 0 saturated carbocycles. The molecule has 0 heterocycles. The summed E-state index contributed by atoms with van der Waals surface area (Å²) < 4.78 is 0.746. The number of alkyl halides is 1. The molecule has 0 aliphatic carbocycles. The Bertz CT molecular complexity index is 412. The van der Waals surface area contributed by atoms with E-state index in [2.05, 4.69) is 38.8 Å². The number of rotatable bonds is 6. The van der Waals surface area contributed by atoms with Crippen LogP contribution in [0.3, 0.4) is 0 Å². The van der Waals surface area contributed by atoms with Gasteiger partial charge in [-0.3, -0.25) is 4.79 Å². The lowest BCUT2D eigenvalue weighted by Crippen LogP contribution is -2.33. The molecular weight excluding hydrogens is 381 g/mol. The number of nitrogens with zero attached hydrogens (tertiary/aromatic N) is 1. The second-order valence-corrected chi connectivity index (χ2v) is 6.04. The van der Waals surface area contributed by atoms with E-state index in [1.165, 1.54) is 0 Å². The van der Waals surface area contributed by atoms with Crippen molar-refractivity contribution in [1.82, 2.24) is 4.90 Å². The summed E-state index contributed by atoms with van der Waals surface area (Å²) in [6, 6.07) is 5.26. The zero-order chi connectivity index (χ0) is 13.5. The largest absolute Gasteiger partial charge is 0.338 e. The number of carbonyl (C=O) groups excluding carboxylic acids is 1. The summed E-state index contributed by atoms with van der Waals surface area (Å²) in [5, 5.41) is 1.41. The van der Waals surface area contributed by atoms with Crippen molar-refractivity contribution in [3.63, 3.8) is 0 Å². The van der Waals surface area contributed by atoms with E-state index in [4.69, 9.17) is 11.6 Å². The van der Waals surface area contributed by atoms with E-state index in [-0.39, 0.29) is 5.91 Å². The molecule has 1 rings (SSSR count). The molecule has 0 spiro atoms. The number of hydrogen-bond acceptors (Lipinski definition) is 1. The Hall–Kier alpha value is -0.0600. The van der Waals surface area contributed by atoms with Crippen LogP contribution >= 0.6 is 43.5 Å². The van der Waals surface area contributed by atoms with Crippen molar-refractivity contribution in [3.8, 4) is 0 Å². The maximum atomic E-state index is 12.4. The van der Waals surface area contributed by atoms with Gasteiger partial charge in [-0.05, 0) is 40.5 Å². The summed E-state index contributed by atoms with van der Waals surface area (Å²) >= 11 is 12.7. The van der Waals surface area contributed by atoms with Gasteiger partial charge in [0.2, 0.25) is 0 Å². The van der Waals surface area contributed by atoms with Crippen LogP contribution in [0.2, 0.25) is 5.02 Å². The molecule has 1 aromatic rings. The summed E-state index contributed by atoms with van der Waals surface area (Å²) in [5.74, 6) is 0.0476. The van der Waals surface area contributed by atoms with Crippen LogP contribution in [0.25, 0.3) is 0 Å². The van der Waals surface area contributed by atoms with Gasteiger partial charge in [-0.15, -0.1) is 0 Å². The van der Waals surface area contributed by atoms with Crippen LogP contribution < -0.4 is 0 Å². The highest BCUT2D eigenvalue weighted by Crippen LogP contribution is 2.23. The normalized spacial score (nSPS) is 10.4. The molecule has 0 bridgehead atoms. The van der Waals surface area contributed by atoms with Gasteiger partial charge in [0.05, 0.1) is 5.56 Å². The Kier molecular flexibility index (Phi) is 7.27. The molecule has 5 heteroatoms. The Morgan fingerprint density at radius 3 is 2.67 bits per heavy atom. The monoisotopic (exact) mass is 395 g/mol. The van der Waals surface area contributed by atoms with Gasteiger partial charge in [-0.1, -0.05) is 40.9 Å². The zero-order valence-corrected chi connectivity index (χ0v) is 14.2. The van der Waals surface area contributed by atoms with Gasteiger partial charge in [-0.25, -0.2) is 0 Å². The van der Waals surface area contributed by atoms with Crippen LogP contribution in [0.5, 0.6) is 0 Å². The number of hydrogen-bond donors (Lipinski definition) is 0. The van der Waals surface area contributed by atoms with Crippen molar-refractivity contribution in [2.24, 2.45) is 0 Å². The predicted octanol–water partition coefficient (Wildman–Crippen LogP) is 4.74. The van der Waals surface area contributed by atoms with Crippen molar-refractivity contribution in [2.75, 3.05) is 18.4 Å². The van der Waals surface area contributed by atoms with E-state index in [1.807, 2.05) is 4.90 Å². The molecule has 0 aliphatic rings. The van der Waals surface area contributed by atoms with Crippen LogP contribution in [0.1, 0.15) is 30.1 Å². The Balaban J connectivity index is 2.87. The lowest BCUT2D eigenvalue weighted by atomic mass is 10.2. The average molecular weight is 398 g/mol. The Morgan fingerprint density at radius 1 is 1.39 bits per heavy atom. The molecule has 2 nitrogen and oxygen atoms in total. The van der Waals surface area contributed by atoms with Gasteiger partial charge in [-0.2, -0.15) is 0 Å². The van der Waals surface area contributed by atoms with Crippen LogP contribution in [-0.4, -0.2) is 29.2 Å². The minimum absolute atomic E-state index is 0.0476. The molecule has 0 atom stereocenters. The zero-order valence-electron chi connectivity index (χ0n) is 10.3. The van der Waals surface area contributed by atoms with Gasteiger partial charge < -0.3 is 4.90 Å². The fraction of sp³-hybridized carbons (Fsp3) is 0.462. The minimum atomic E-state index is 0.0476. The molecule has 1 aromatic carbocycles. The molecule has 100 valence electrons. The highest BCUT2D eigenvalue weighted by molar-refractivity contribution is 9.10. The first-order valence-corrected chi connectivity index (χ1v) is 8.19. The first-order valence-electron chi connectivity index (χ1n) is 5.90. The quantitative estimate of drug-likeness (QED) is 0.635. The molecule has 0 aromatic heterocycles. The van der Waals surface area contributed by atoms with Gasteiger partial charge in [0.15, 0.2) is 0 Å². The highest BCUT2D eigenvalue weighted by Gasteiger charge is 2.17. The van der Waals surface area contributed by atoms with Crippen molar-refractivity contribution in [2.45, 2.75) is 19.8 Å². The van der Waals surface area contributed by atoms with Crippen LogP contribution in [0.15, 0.2) is 22.7 Å². The van der Waals surface area contributed by atoms with E-state index in [0.717, 1.165) is 29.2 Å². The highest BCUT2D eigenvalue weighted by atomic mass is 79.9. The molecular formula is C13H16Br2ClNO. The third-order valence-corrected chi connectivity index (χ3v) is 3.83. The number of unbranched alkanes of at least 4 members (excludes halogenated alkanes) is 1. The smallest absolute Gasteiger partial charge is 0.255 e. The van der Waals surface area contributed by atoms with Gasteiger partial charge in [0, 0.05) is 27.9 Å². The SMILES string of the molecule is CCCCN(CCBr)C(=O)c1ccc(Cl)cc1Br. The van der Waals surface area contributed by atoms with E-state index in [0.29, 0.717) is 17.1 Å². The summed E-state index contributed by atoms with van der Waals surface area (Å²) in [6.07, 6.45) is 2.10. The first-order chi connectivity index (χ1) is 8.60. The van der Waals surface area contributed by atoms with Crippen molar-refractivity contribution in [1.29, 1.82) is 0 Å². The number of halogens is 3. The molecule has 0 N–H and O–H groups in total. The number of carbonyl (C=O) groups is 1. The fourth-order valence-corrected chi connectivity index (χ4v) is 2.88. The van der Waals surface area contributed by atoms with Gasteiger partial charge in [0.1, 0.15) is 0 Å². The van der Waals surface area contributed by atoms with Gasteiger partial charge in [0.25, 0.3) is 5.91 Å². The standard InChI is InChI=1S/C13H16Br2ClNO/c1-2-3-7-17(8-6-14)13(18)11-5-4-10(16)9-12(11)15/h4-5,9H,2-3,6-8H2,1H3. The topological polar surface area (TPSA) is 20.3 Å².